The molecule has 3 N–H and O–H groups in total. The average molecular weight is 219 g/mol. The predicted octanol–water partition coefficient (Wildman–Crippen LogP) is 1.05. The van der Waals surface area contributed by atoms with Crippen LogP contribution in [0.25, 0.3) is 0 Å². The number of phenolic OH excluding ortho intramolecular Hbond substituents is 1. The number of aromatic carboxylic acids is 1. The van der Waals surface area contributed by atoms with Crippen LogP contribution in [0.4, 0.5) is 5.69 Å². The van der Waals surface area contributed by atoms with E-state index >= 15 is 0 Å². The van der Waals surface area contributed by atoms with Crippen LogP contribution in [0.15, 0.2) is 18.2 Å². The van der Waals surface area contributed by atoms with Gasteiger partial charge in [0.15, 0.2) is 0 Å². The lowest BCUT2D eigenvalue weighted by molar-refractivity contribution is -0.111. The van der Waals surface area contributed by atoms with E-state index in [1.165, 1.54) is 19.1 Å². The smallest absolute Gasteiger partial charge is 0.335 e. The normalized spacial score (nSPS) is 8.81. The van der Waals surface area contributed by atoms with Crippen molar-refractivity contribution in [3.05, 3.63) is 23.8 Å². The molecule has 0 aliphatic carbocycles. The van der Waals surface area contributed by atoms with E-state index in [0.29, 0.717) is 0 Å². The van der Waals surface area contributed by atoms with Gasteiger partial charge >= 0.3 is 5.97 Å². The average Bonchev–Trinajstić information content (AvgIpc) is 2.21. The fraction of sp³-hybridized carbons (Fsp3) is 0.0909. The molecule has 0 aliphatic rings. The molecule has 5 nitrogen and oxygen atoms in total. The third kappa shape index (κ3) is 2.75. The Kier molecular flexibility index (Phi) is 3.51. The van der Waals surface area contributed by atoms with Gasteiger partial charge in [0.25, 0.3) is 5.91 Å². The maximum atomic E-state index is 11.1. The standard InChI is InChI=1S/C11H9NO4/c1-2-3-10(14)12-8-6-7(11(15)16)4-5-9(8)13/h4-6,13H,1H3,(H,12,14)(H,15,16). The number of nitrogens with one attached hydrogen (secondary N) is 1. The maximum Gasteiger partial charge on any atom is 0.335 e. The van der Waals surface area contributed by atoms with Gasteiger partial charge in [-0.25, -0.2) is 4.79 Å². The molecule has 1 amide bonds. The van der Waals surface area contributed by atoms with E-state index in [1.54, 1.807) is 0 Å². The number of benzene rings is 1. The van der Waals surface area contributed by atoms with Crippen molar-refractivity contribution >= 4 is 17.6 Å². The Morgan fingerprint density at radius 3 is 2.62 bits per heavy atom. The van der Waals surface area contributed by atoms with Crippen LogP contribution in [-0.4, -0.2) is 22.1 Å². The van der Waals surface area contributed by atoms with Crippen molar-refractivity contribution < 1.29 is 19.8 Å². The SMILES string of the molecule is CC#CC(=O)Nc1cc(C(=O)O)ccc1O. The minimum atomic E-state index is -1.14. The van der Waals surface area contributed by atoms with E-state index in [-0.39, 0.29) is 17.0 Å². The molecule has 5 heteroatoms. The number of carbonyl (C=O) groups excluding carboxylic acids is 1. The number of carbonyl (C=O) groups is 2. The molecule has 16 heavy (non-hydrogen) atoms. The Labute approximate surface area is 91.7 Å². The van der Waals surface area contributed by atoms with Gasteiger partial charge in [-0.15, -0.1) is 0 Å². The van der Waals surface area contributed by atoms with E-state index in [4.69, 9.17) is 5.11 Å². The summed E-state index contributed by atoms with van der Waals surface area (Å²) in [5.41, 5.74) is -0.00907. The number of hydrogen-bond donors (Lipinski definition) is 3. The molecule has 0 atom stereocenters. The molecular formula is C11H9NO4. The van der Waals surface area contributed by atoms with Gasteiger partial charge in [-0.3, -0.25) is 4.79 Å². The summed E-state index contributed by atoms with van der Waals surface area (Å²) in [7, 11) is 0. The number of carboxylic acids is 1. The zero-order valence-corrected chi connectivity index (χ0v) is 8.44. The second kappa shape index (κ2) is 4.84. The van der Waals surface area contributed by atoms with Crippen molar-refractivity contribution in [3.8, 4) is 17.6 Å². The highest BCUT2D eigenvalue weighted by atomic mass is 16.4. The molecule has 1 rings (SSSR count). The molecule has 0 fully saturated rings. The number of hydrogen-bond acceptors (Lipinski definition) is 3. The zero-order chi connectivity index (χ0) is 12.1. The number of amides is 1. The van der Waals surface area contributed by atoms with E-state index in [2.05, 4.69) is 17.2 Å². The van der Waals surface area contributed by atoms with Crippen LogP contribution >= 0.6 is 0 Å². The first-order valence-electron chi connectivity index (χ1n) is 4.34. The lowest BCUT2D eigenvalue weighted by atomic mass is 10.2. The number of anilines is 1. The second-order valence-electron chi connectivity index (χ2n) is 2.87. The van der Waals surface area contributed by atoms with Gasteiger partial charge in [-0.1, -0.05) is 5.92 Å². The fourth-order valence-corrected chi connectivity index (χ4v) is 1.04. The molecule has 0 unspecified atom stereocenters. The van der Waals surface area contributed by atoms with Crippen LogP contribution in [0, 0.1) is 11.8 Å². The van der Waals surface area contributed by atoms with Crippen LogP contribution < -0.4 is 5.32 Å². The summed E-state index contributed by atoms with van der Waals surface area (Å²) in [6.07, 6.45) is 0. The van der Waals surface area contributed by atoms with E-state index in [1.807, 2.05) is 0 Å². The highest BCUT2D eigenvalue weighted by Crippen LogP contribution is 2.23. The Hall–Kier alpha value is -2.48. The van der Waals surface area contributed by atoms with Crippen LogP contribution in [0.5, 0.6) is 5.75 Å². The zero-order valence-electron chi connectivity index (χ0n) is 8.44. The highest BCUT2D eigenvalue weighted by molar-refractivity contribution is 6.05. The molecule has 0 bridgehead atoms. The molecule has 0 heterocycles. The molecule has 0 radical (unpaired) electrons. The molecule has 0 aromatic heterocycles. The van der Waals surface area contributed by atoms with Crippen LogP contribution in [0.2, 0.25) is 0 Å². The van der Waals surface area contributed by atoms with Crippen molar-refractivity contribution in [2.75, 3.05) is 5.32 Å². The highest BCUT2D eigenvalue weighted by Gasteiger charge is 2.09. The van der Waals surface area contributed by atoms with E-state index in [0.717, 1.165) is 6.07 Å². The van der Waals surface area contributed by atoms with Gasteiger partial charge in [-0.05, 0) is 31.0 Å². The quantitative estimate of drug-likeness (QED) is 0.512. The van der Waals surface area contributed by atoms with Crippen molar-refractivity contribution in [1.82, 2.24) is 0 Å². The minimum Gasteiger partial charge on any atom is -0.506 e. The van der Waals surface area contributed by atoms with Crippen molar-refractivity contribution in [1.29, 1.82) is 0 Å². The summed E-state index contributed by atoms with van der Waals surface area (Å²) >= 11 is 0. The van der Waals surface area contributed by atoms with Crippen LogP contribution in [-0.2, 0) is 4.79 Å². The van der Waals surface area contributed by atoms with Crippen molar-refractivity contribution in [2.45, 2.75) is 6.92 Å². The van der Waals surface area contributed by atoms with E-state index < -0.39 is 11.9 Å². The number of carboxylic acid groups (broad SMARTS) is 1. The Balaban J connectivity index is 3.01. The Bertz CT molecular complexity index is 496. The minimum absolute atomic E-state index is 0.0210. The monoisotopic (exact) mass is 219 g/mol. The molecule has 0 aliphatic heterocycles. The van der Waals surface area contributed by atoms with Gasteiger partial charge in [0, 0.05) is 0 Å². The number of aromatic hydroxyl groups is 1. The first-order chi connectivity index (χ1) is 7.54. The molecule has 82 valence electrons. The van der Waals surface area contributed by atoms with Crippen molar-refractivity contribution in [3.63, 3.8) is 0 Å². The van der Waals surface area contributed by atoms with Crippen LogP contribution in [0.1, 0.15) is 17.3 Å². The first-order valence-corrected chi connectivity index (χ1v) is 4.34. The lowest BCUT2D eigenvalue weighted by Crippen LogP contribution is -2.09. The summed E-state index contributed by atoms with van der Waals surface area (Å²) in [6, 6.07) is 3.59. The van der Waals surface area contributed by atoms with Gasteiger partial charge in [0.2, 0.25) is 0 Å². The fourth-order valence-electron chi connectivity index (χ4n) is 1.04. The third-order valence-corrected chi connectivity index (χ3v) is 1.73. The summed E-state index contributed by atoms with van der Waals surface area (Å²) in [5.74, 6) is 2.63. The van der Waals surface area contributed by atoms with Crippen molar-refractivity contribution in [2.24, 2.45) is 0 Å². The lowest BCUT2D eigenvalue weighted by Gasteiger charge is -2.05. The molecule has 0 spiro atoms. The molecular weight excluding hydrogens is 210 g/mol. The summed E-state index contributed by atoms with van der Waals surface area (Å²) in [4.78, 5) is 21.8. The molecule has 1 aromatic carbocycles. The number of phenols is 1. The largest absolute Gasteiger partial charge is 0.506 e. The van der Waals surface area contributed by atoms with Crippen LogP contribution in [0.3, 0.4) is 0 Å². The Morgan fingerprint density at radius 2 is 2.06 bits per heavy atom. The summed E-state index contributed by atoms with van der Waals surface area (Å²) < 4.78 is 0. The number of rotatable bonds is 2. The maximum absolute atomic E-state index is 11.1. The predicted molar refractivity (Wildman–Crippen MR) is 57.1 cm³/mol. The Morgan fingerprint density at radius 1 is 1.38 bits per heavy atom. The molecule has 1 aromatic rings. The van der Waals surface area contributed by atoms with Gasteiger partial charge in [0.05, 0.1) is 11.3 Å². The third-order valence-electron chi connectivity index (χ3n) is 1.73. The van der Waals surface area contributed by atoms with Gasteiger partial charge in [-0.2, -0.15) is 0 Å². The van der Waals surface area contributed by atoms with E-state index in [9.17, 15) is 14.7 Å². The molecule has 0 saturated carbocycles. The van der Waals surface area contributed by atoms with Gasteiger partial charge in [0.1, 0.15) is 5.75 Å². The molecule has 0 saturated heterocycles. The van der Waals surface area contributed by atoms with Gasteiger partial charge < -0.3 is 15.5 Å². The second-order valence-corrected chi connectivity index (χ2v) is 2.87. The topological polar surface area (TPSA) is 86.6 Å². The summed E-state index contributed by atoms with van der Waals surface area (Å²) in [5, 5.41) is 20.4. The summed E-state index contributed by atoms with van der Waals surface area (Å²) in [6.45, 7) is 1.49. The first kappa shape index (κ1) is 11.6.